The van der Waals surface area contributed by atoms with Gasteiger partial charge >= 0.3 is 35.5 Å². The fourth-order valence-corrected chi connectivity index (χ4v) is 5.77. The van der Waals surface area contributed by atoms with Crippen LogP contribution in [-0.4, -0.2) is 55.2 Å². The van der Waals surface area contributed by atoms with Crippen LogP contribution in [0, 0.1) is 12.7 Å². The van der Waals surface area contributed by atoms with Crippen LogP contribution in [0.4, 0.5) is 4.39 Å². The summed E-state index contributed by atoms with van der Waals surface area (Å²) >= 11 is 7.40. The number of aliphatic carboxylic acids is 1. The molecule has 2 aliphatic rings. The topological polar surface area (TPSA) is 113 Å². The summed E-state index contributed by atoms with van der Waals surface area (Å²) in [5, 5.41) is 15.4. The van der Waals surface area contributed by atoms with E-state index in [1.54, 1.807) is 13.8 Å². The third-order valence-corrected chi connectivity index (χ3v) is 7.14. The van der Waals surface area contributed by atoms with Gasteiger partial charge in [0.2, 0.25) is 5.91 Å². The molecule has 2 aromatic rings. The molecular formula is C19H17ClFN3NaO5S+. The number of carboxylic acid groups (broad SMARTS) is 1. The first-order valence-electron chi connectivity index (χ1n) is 8.99. The van der Waals surface area contributed by atoms with Crippen LogP contribution in [0.25, 0.3) is 11.3 Å². The van der Waals surface area contributed by atoms with E-state index in [1.165, 1.54) is 41.8 Å². The standard InChI is InChI=1S/C19H17ClFN3O5S.Na/c1-7-10(12(23-29-7)11-8(20)5-4-6-9(11)21)15(25)22-13-16(26)24-14(18(27)28)19(2,3)30-17(13)24;/h4-6,13-14,17H,1-3H3,(H,22,25)(H,27,28);/q;+1/t13-,14?,17-;/m1./s1. The van der Waals surface area contributed by atoms with Gasteiger partial charge in [0.25, 0.3) is 5.91 Å². The summed E-state index contributed by atoms with van der Waals surface area (Å²) in [7, 11) is 0. The molecule has 158 valence electrons. The molecule has 1 unspecified atom stereocenters. The number of carboxylic acids is 1. The molecule has 0 aliphatic carbocycles. The van der Waals surface area contributed by atoms with Crippen molar-refractivity contribution in [1.82, 2.24) is 15.4 Å². The largest absolute Gasteiger partial charge is 1.00 e. The van der Waals surface area contributed by atoms with Crippen molar-refractivity contribution in [2.24, 2.45) is 0 Å². The van der Waals surface area contributed by atoms with E-state index in [9.17, 15) is 23.9 Å². The zero-order valence-electron chi connectivity index (χ0n) is 17.1. The Morgan fingerprint density at radius 1 is 1.39 bits per heavy atom. The van der Waals surface area contributed by atoms with E-state index >= 15 is 0 Å². The van der Waals surface area contributed by atoms with Gasteiger partial charge in [-0.2, -0.15) is 0 Å². The summed E-state index contributed by atoms with van der Waals surface area (Å²) in [5.41, 5.74) is -0.185. The average molecular weight is 477 g/mol. The van der Waals surface area contributed by atoms with Crippen LogP contribution >= 0.6 is 23.4 Å². The molecule has 0 radical (unpaired) electrons. The number of amides is 2. The molecule has 2 aliphatic heterocycles. The van der Waals surface area contributed by atoms with Crippen LogP contribution in [0.5, 0.6) is 0 Å². The molecule has 2 amide bonds. The minimum Gasteiger partial charge on any atom is -0.480 e. The van der Waals surface area contributed by atoms with Gasteiger partial charge in [0, 0.05) is 4.75 Å². The number of benzene rings is 1. The van der Waals surface area contributed by atoms with E-state index in [0.717, 1.165) is 0 Å². The maximum Gasteiger partial charge on any atom is 1.00 e. The zero-order chi connectivity index (χ0) is 22.0. The number of hydrogen-bond acceptors (Lipinski definition) is 6. The predicted octanol–water partition coefficient (Wildman–Crippen LogP) is -0.308. The first kappa shape index (κ1) is 24.1. The molecule has 8 nitrogen and oxygen atoms in total. The normalized spacial score (nSPS) is 23.6. The third kappa shape index (κ3) is 3.78. The summed E-state index contributed by atoms with van der Waals surface area (Å²) in [4.78, 5) is 38.5. The molecule has 0 saturated carbocycles. The Labute approximate surface area is 208 Å². The first-order valence-corrected chi connectivity index (χ1v) is 10.2. The van der Waals surface area contributed by atoms with Gasteiger partial charge in [-0.15, -0.1) is 11.8 Å². The Balaban J connectivity index is 0.00000272. The number of carbonyl (C=O) groups is 3. The molecule has 1 aromatic carbocycles. The monoisotopic (exact) mass is 476 g/mol. The van der Waals surface area contributed by atoms with Crippen LogP contribution < -0.4 is 34.9 Å². The number of aryl methyl sites for hydroxylation is 1. The predicted molar refractivity (Wildman–Crippen MR) is 107 cm³/mol. The fraction of sp³-hybridized carbons (Fsp3) is 0.368. The van der Waals surface area contributed by atoms with Crippen molar-refractivity contribution in [2.45, 2.75) is 43.0 Å². The molecular weight excluding hydrogens is 460 g/mol. The average Bonchev–Trinajstić information content (AvgIpc) is 3.14. The fourth-order valence-electron chi connectivity index (χ4n) is 3.89. The number of fused-ring (bicyclic) bond motifs is 1. The van der Waals surface area contributed by atoms with Crippen LogP contribution in [0.15, 0.2) is 22.7 Å². The third-order valence-electron chi connectivity index (χ3n) is 5.25. The Hall–Kier alpha value is -1.59. The summed E-state index contributed by atoms with van der Waals surface area (Å²) < 4.78 is 18.7. The Morgan fingerprint density at radius 2 is 2.06 bits per heavy atom. The van der Waals surface area contributed by atoms with E-state index < -0.39 is 45.8 Å². The second-order valence-electron chi connectivity index (χ2n) is 7.61. The van der Waals surface area contributed by atoms with Crippen molar-refractivity contribution < 1.29 is 58.0 Å². The molecule has 3 atom stereocenters. The van der Waals surface area contributed by atoms with Gasteiger partial charge < -0.3 is 19.8 Å². The van der Waals surface area contributed by atoms with Gasteiger partial charge in [0.1, 0.15) is 40.3 Å². The Morgan fingerprint density at radius 3 is 2.68 bits per heavy atom. The minimum atomic E-state index is -1.10. The van der Waals surface area contributed by atoms with Crippen molar-refractivity contribution in [3.63, 3.8) is 0 Å². The second-order valence-corrected chi connectivity index (χ2v) is 9.79. The van der Waals surface area contributed by atoms with Crippen LogP contribution in [-0.2, 0) is 9.59 Å². The van der Waals surface area contributed by atoms with E-state index in [-0.39, 0.29) is 57.2 Å². The number of nitrogens with zero attached hydrogens (tertiary/aromatic N) is 2. The number of carbonyl (C=O) groups excluding carboxylic acids is 2. The molecule has 2 fully saturated rings. The molecule has 2 saturated heterocycles. The molecule has 31 heavy (non-hydrogen) atoms. The van der Waals surface area contributed by atoms with Gasteiger partial charge in [-0.3, -0.25) is 9.59 Å². The van der Waals surface area contributed by atoms with Crippen molar-refractivity contribution >= 4 is 41.1 Å². The van der Waals surface area contributed by atoms with E-state index in [1.807, 2.05) is 0 Å². The van der Waals surface area contributed by atoms with Crippen LogP contribution in [0.3, 0.4) is 0 Å². The molecule has 0 bridgehead atoms. The van der Waals surface area contributed by atoms with Crippen LogP contribution in [0.2, 0.25) is 5.02 Å². The Kier molecular flexibility index (Phi) is 6.52. The van der Waals surface area contributed by atoms with Crippen LogP contribution in [0.1, 0.15) is 30.0 Å². The summed E-state index contributed by atoms with van der Waals surface area (Å²) in [6.45, 7) is 4.97. The second kappa shape index (κ2) is 8.40. The van der Waals surface area contributed by atoms with E-state index in [0.29, 0.717) is 0 Å². The summed E-state index contributed by atoms with van der Waals surface area (Å²) in [6.07, 6.45) is 0. The smallest absolute Gasteiger partial charge is 0.480 e. The van der Waals surface area contributed by atoms with Gasteiger partial charge in [0.15, 0.2) is 0 Å². The van der Waals surface area contributed by atoms with Gasteiger partial charge in [0.05, 0.1) is 10.6 Å². The number of rotatable bonds is 4. The minimum absolute atomic E-state index is 0. The van der Waals surface area contributed by atoms with Crippen molar-refractivity contribution in [3.8, 4) is 11.3 Å². The Bertz CT molecular complexity index is 1070. The molecule has 1 aromatic heterocycles. The summed E-state index contributed by atoms with van der Waals surface area (Å²) in [5.74, 6) is -2.81. The molecule has 0 spiro atoms. The maximum absolute atomic E-state index is 14.4. The molecule has 3 heterocycles. The zero-order valence-corrected chi connectivity index (χ0v) is 20.7. The SMILES string of the molecule is Cc1onc(-c2c(F)cccc2Cl)c1C(=O)N[C@@H]1C(=O)N2C(C(=O)O)C(C)(C)S[C@H]12.[Na+]. The van der Waals surface area contributed by atoms with Crippen molar-refractivity contribution in [1.29, 1.82) is 0 Å². The maximum atomic E-state index is 14.4. The number of nitrogens with one attached hydrogen (secondary N) is 1. The summed E-state index contributed by atoms with van der Waals surface area (Å²) in [6, 6.07) is 2.17. The van der Waals surface area contributed by atoms with Crippen molar-refractivity contribution in [3.05, 3.63) is 40.4 Å². The number of halogens is 2. The number of hydrogen-bond donors (Lipinski definition) is 2. The molecule has 4 rings (SSSR count). The first-order chi connectivity index (χ1) is 14.0. The van der Waals surface area contributed by atoms with Gasteiger partial charge in [-0.1, -0.05) is 22.8 Å². The molecule has 2 N–H and O–H groups in total. The molecule has 12 heteroatoms. The quantitative estimate of drug-likeness (QED) is 0.460. The van der Waals surface area contributed by atoms with Crippen molar-refractivity contribution in [2.75, 3.05) is 0 Å². The van der Waals surface area contributed by atoms with Gasteiger partial charge in [-0.05, 0) is 32.9 Å². The van der Waals surface area contributed by atoms with E-state index in [2.05, 4.69) is 10.5 Å². The number of aromatic nitrogens is 1. The number of thioether (sulfide) groups is 1. The number of β-lactam (4-membered cyclic amide) rings is 1. The van der Waals surface area contributed by atoms with E-state index in [4.69, 9.17) is 16.1 Å². The van der Waals surface area contributed by atoms with Gasteiger partial charge in [-0.25, -0.2) is 9.18 Å².